The van der Waals surface area contributed by atoms with Gasteiger partial charge in [0.2, 0.25) is 0 Å². The van der Waals surface area contributed by atoms with Crippen molar-refractivity contribution in [3.05, 3.63) is 21.9 Å². The number of carboxylic acid groups (broad SMARTS) is 1. The second-order valence-corrected chi connectivity index (χ2v) is 3.42. The molecule has 0 fully saturated rings. The molecule has 0 spiro atoms. The smallest absolute Gasteiger partial charge is 0.308 e. The molecule has 1 N–H and O–H groups in total. The maximum absolute atomic E-state index is 10.3. The van der Waals surface area contributed by atoms with Crippen molar-refractivity contribution in [3.63, 3.8) is 0 Å². The molecule has 0 aromatic carbocycles. The van der Waals surface area contributed by atoms with E-state index in [-0.39, 0.29) is 6.42 Å². The highest BCUT2D eigenvalue weighted by atomic mass is 32.1. The molecule has 1 rings (SSSR count). The molecular formula is C8H10O3S. The summed E-state index contributed by atoms with van der Waals surface area (Å²) in [6, 6.07) is 1.86. The van der Waals surface area contributed by atoms with Crippen LogP contribution in [0.1, 0.15) is 10.4 Å². The summed E-state index contributed by atoms with van der Waals surface area (Å²) in [5, 5.41) is 10.4. The van der Waals surface area contributed by atoms with Gasteiger partial charge < -0.3 is 9.84 Å². The molecule has 12 heavy (non-hydrogen) atoms. The maximum Gasteiger partial charge on any atom is 0.308 e. The van der Waals surface area contributed by atoms with Crippen molar-refractivity contribution < 1.29 is 14.6 Å². The van der Waals surface area contributed by atoms with Crippen LogP contribution < -0.4 is 0 Å². The van der Waals surface area contributed by atoms with E-state index in [1.54, 1.807) is 7.11 Å². The highest BCUT2D eigenvalue weighted by Crippen LogP contribution is 2.15. The largest absolute Gasteiger partial charge is 0.481 e. The first-order valence-electron chi connectivity index (χ1n) is 3.49. The zero-order valence-corrected chi connectivity index (χ0v) is 7.56. The lowest BCUT2D eigenvalue weighted by molar-refractivity contribution is -0.136. The zero-order chi connectivity index (χ0) is 8.97. The third-order valence-electron chi connectivity index (χ3n) is 1.34. The molecule has 1 heterocycles. The number of carbonyl (C=O) groups is 1. The number of ether oxygens (including phenoxy) is 1. The molecule has 0 bridgehead atoms. The molecule has 1 aromatic rings. The van der Waals surface area contributed by atoms with Gasteiger partial charge in [-0.2, -0.15) is 0 Å². The number of carboxylic acids is 1. The predicted molar refractivity (Wildman–Crippen MR) is 46.4 cm³/mol. The Morgan fingerprint density at radius 1 is 1.75 bits per heavy atom. The van der Waals surface area contributed by atoms with Crippen molar-refractivity contribution >= 4 is 17.3 Å². The Morgan fingerprint density at radius 3 is 3.08 bits per heavy atom. The van der Waals surface area contributed by atoms with Gasteiger partial charge in [0.25, 0.3) is 0 Å². The first-order chi connectivity index (χ1) is 5.72. The molecule has 0 aliphatic carbocycles. The van der Waals surface area contributed by atoms with Crippen LogP contribution in [0.2, 0.25) is 0 Å². The first-order valence-corrected chi connectivity index (χ1v) is 4.37. The SMILES string of the molecule is COCc1csc(CC(=O)O)c1. The van der Waals surface area contributed by atoms with Crippen LogP contribution in [0.25, 0.3) is 0 Å². The van der Waals surface area contributed by atoms with Gasteiger partial charge in [-0.25, -0.2) is 0 Å². The van der Waals surface area contributed by atoms with E-state index in [1.165, 1.54) is 11.3 Å². The van der Waals surface area contributed by atoms with Gasteiger partial charge in [0.15, 0.2) is 0 Å². The van der Waals surface area contributed by atoms with Crippen LogP contribution in [0, 0.1) is 0 Å². The van der Waals surface area contributed by atoms with Crippen molar-refractivity contribution in [2.75, 3.05) is 7.11 Å². The van der Waals surface area contributed by atoms with Crippen LogP contribution in [0.15, 0.2) is 11.4 Å². The summed E-state index contributed by atoms with van der Waals surface area (Å²) in [4.78, 5) is 11.2. The molecule has 0 aliphatic rings. The van der Waals surface area contributed by atoms with E-state index in [0.29, 0.717) is 6.61 Å². The van der Waals surface area contributed by atoms with Gasteiger partial charge in [0.1, 0.15) is 0 Å². The fraction of sp³-hybridized carbons (Fsp3) is 0.375. The summed E-state index contributed by atoms with van der Waals surface area (Å²) in [5.41, 5.74) is 1.04. The van der Waals surface area contributed by atoms with E-state index in [4.69, 9.17) is 9.84 Å². The van der Waals surface area contributed by atoms with E-state index in [0.717, 1.165) is 10.4 Å². The molecule has 4 heteroatoms. The van der Waals surface area contributed by atoms with Gasteiger partial charge in [-0.3, -0.25) is 4.79 Å². The summed E-state index contributed by atoms with van der Waals surface area (Å²) in [6.07, 6.45) is 0.106. The van der Waals surface area contributed by atoms with E-state index in [1.807, 2.05) is 11.4 Å². The molecule has 3 nitrogen and oxygen atoms in total. The third kappa shape index (κ3) is 2.64. The zero-order valence-electron chi connectivity index (χ0n) is 6.74. The Morgan fingerprint density at radius 2 is 2.50 bits per heavy atom. The lowest BCUT2D eigenvalue weighted by atomic mass is 10.3. The highest BCUT2D eigenvalue weighted by molar-refractivity contribution is 7.10. The van der Waals surface area contributed by atoms with E-state index in [2.05, 4.69) is 0 Å². The second-order valence-electron chi connectivity index (χ2n) is 2.42. The molecule has 0 saturated carbocycles. The molecule has 0 unspecified atom stereocenters. The first kappa shape index (κ1) is 9.22. The highest BCUT2D eigenvalue weighted by Gasteiger charge is 2.03. The average Bonchev–Trinajstić information content (AvgIpc) is 2.36. The Labute approximate surface area is 74.6 Å². The standard InChI is InChI=1S/C8H10O3S/c1-11-4-6-2-7(12-5-6)3-8(9)10/h2,5H,3-4H2,1H3,(H,9,10). The number of thiophene rings is 1. The molecule has 1 aromatic heterocycles. The summed E-state index contributed by atoms with van der Waals surface area (Å²) in [6.45, 7) is 0.552. The van der Waals surface area contributed by atoms with Gasteiger partial charge in [0.05, 0.1) is 13.0 Å². The number of hydrogen-bond acceptors (Lipinski definition) is 3. The van der Waals surface area contributed by atoms with E-state index in [9.17, 15) is 4.79 Å². The molecule has 0 radical (unpaired) electrons. The molecule has 0 atom stereocenters. The fourth-order valence-electron chi connectivity index (χ4n) is 0.910. The van der Waals surface area contributed by atoms with Crippen LogP contribution in [0.4, 0.5) is 0 Å². The lowest BCUT2D eigenvalue weighted by Gasteiger charge is -1.91. The Balaban J connectivity index is 2.58. The normalized spacial score (nSPS) is 10.1. The van der Waals surface area contributed by atoms with E-state index >= 15 is 0 Å². The number of methoxy groups -OCH3 is 1. The minimum absolute atomic E-state index is 0.106. The van der Waals surface area contributed by atoms with Crippen molar-refractivity contribution in [1.82, 2.24) is 0 Å². The number of aliphatic carboxylic acids is 1. The van der Waals surface area contributed by atoms with Crippen molar-refractivity contribution in [2.45, 2.75) is 13.0 Å². The van der Waals surface area contributed by atoms with Gasteiger partial charge in [-0.1, -0.05) is 0 Å². The number of rotatable bonds is 4. The predicted octanol–water partition coefficient (Wildman–Crippen LogP) is 1.52. The number of hydrogen-bond donors (Lipinski definition) is 1. The Bertz CT molecular complexity index is 267. The van der Waals surface area contributed by atoms with Crippen LogP contribution in [0.3, 0.4) is 0 Å². The minimum Gasteiger partial charge on any atom is -0.481 e. The summed E-state index contributed by atoms with van der Waals surface area (Å²) >= 11 is 1.46. The molecule has 0 saturated heterocycles. The molecule has 0 aliphatic heterocycles. The van der Waals surface area contributed by atoms with Gasteiger partial charge >= 0.3 is 5.97 Å². The van der Waals surface area contributed by atoms with Crippen molar-refractivity contribution in [2.24, 2.45) is 0 Å². The summed E-state index contributed by atoms with van der Waals surface area (Å²) in [5.74, 6) is -0.791. The Hall–Kier alpha value is -0.870. The fourth-order valence-corrected chi connectivity index (χ4v) is 1.78. The average molecular weight is 186 g/mol. The topological polar surface area (TPSA) is 46.5 Å². The quantitative estimate of drug-likeness (QED) is 0.775. The van der Waals surface area contributed by atoms with Crippen molar-refractivity contribution in [3.8, 4) is 0 Å². The molecule has 0 amide bonds. The molecular weight excluding hydrogens is 176 g/mol. The molecule has 66 valence electrons. The van der Waals surface area contributed by atoms with Crippen molar-refractivity contribution in [1.29, 1.82) is 0 Å². The third-order valence-corrected chi connectivity index (χ3v) is 2.33. The Kier molecular flexibility index (Phi) is 3.25. The van der Waals surface area contributed by atoms with Gasteiger partial charge in [-0.05, 0) is 17.0 Å². The monoisotopic (exact) mass is 186 g/mol. The van der Waals surface area contributed by atoms with Gasteiger partial charge in [-0.15, -0.1) is 11.3 Å². The summed E-state index contributed by atoms with van der Waals surface area (Å²) < 4.78 is 4.91. The van der Waals surface area contributed by atoms with Crippen LogP contribution in [-0.2, 0) is 22.6 Å². The van der Waals surface area contributed by atoms with Crippen LogP contribution in [0.5, 0.6) is 0 Å². The lowest BCUT2D eigenvalue weighted by Crippen LogP contribution is -1.97. The van der Waals surface area contributed by atoms with Gasteiger partial charge in [0, 0.05) is 12.0 Å². The summed E-state index contributed by atoms with van der Waals surface area (Å²) in [7, 11) is 1.62. The second kappa shape index (κ2) is 4.23. The maximum atomic E-state index is 10.3. The van der Waals surface area contributed by atoms with E-state index < -0.39 is 5.97 Å². The van der Waals surface area contributed by atoms with Crippen LogP contribution in [-0.4, -0.2) is 18.2 Å². The van der Waals surface area contributed by atoms with Crippen LogP contribution >= 0.6 is 11.3 Å². The minimum atomic E-state index is -0.791.